The number of hydrogen-bond acceptors (Lipinski definition) is 6. The third-order valence-electron chi connectivity index (χ3n) is 3.22. The van der Waals surface area contributed by atoms with E-state index in [1.807, 2.05) is 0 Å². The lowest BCUT2D eigenvalue weighted by atomic mass is 10.1. The number of ether oxygens (including phenoxy) is 2. The summed E-state index contributed by atoms with van der Waals surface area (Å²) in [6.45, 7) is 1.90. The first-order valence-electron chi connectivity index (χ1n) is 7.73. The first-order valence-corrected chi connectivity index (χ1v) is 7.73. The van der Waals surface area contributed by atoms with E-state index in [1.165, 1.54) is 31.4 Å². The highest BCUT2D eigenvalue weighted by Gasteiger charge is 2.16. The predicted octanol–water partition coefficient (Wildman–Crippen LogP) is 2.73. The van der Waals surface area contributed by atoms with Gasteiger partial charge in [0.25, 0.3) is 0 Å². The molecule has 0 amide bonds. The lowest BCUT2D eigenvalue weighted by molar-refractivity contribution is 0.0514. The number of benzene rings is 2. The van der Waals surface area contributed by atoms with Crippen LogP contribution >= 0.6 is 0 Å². The van der Waals surface area contributed by atoms with Crippen molar-refractivity contribution in [1.29, 1.82) is 0 Å². The molecule has 0 heterocycles. The van der Waals surface area contributed by atoms with Crippen molar-refractivity contribution in [3.8, 4) is 0 Å². The van der Waals surface area contributed by atoms with Gasteiger partial charge in [0.2, 0.25) is 0 Å². The number of carbonyl (C=O) groups is 4. The van der Waals surface area contributed by atoms with Gasteiger partial charge in [-0.25, -0.2) is 19.2 Å². The van der Waals surface area contributed by atoms with Crippen LogP contribution in [-0.2, 0) is 9.47 Å². The summed E-state index contributed by atoms with van der Waals surface area (Å²) in [5.41, 5.74) is 0.0691. The van der Waals surface area contributed by atoms with Crippen LogP contribution in [0.2, 0.25) is 0 Å². The number of esters is 2. The topological polar surface area (TPSA) is 127 Å². The molecule has 0 unspecified atom stereocenters. The van der Waals surface area contributed by atoms with Gasteiger partial charge in [-0.3, -0.25) is 0 Å². The minimum absolute atomic E-state index is 0.0362. The zero-order valence-corrected chi connectivity index (χ0v) is 14.7. The largest absolute Gasteiger partial charge is 0.478 e. The minimum Gasteiger partial charge on any atom is -0.478 e. The highest BCUT2D eigenvalue weighted by Crippen LogP contribution is 2.10. The van der Waals surface area contributed by atoms with Crippen LogP contribution in [0.25, 0.3) is 0 Å². The number of carboxylic acid groups (broad SMARTS) is 2. The molecule has 0 aliphatic heterocycles. The smallest absolute Gasteiger partial charge is 0.338 e. The summed E-state index contributed by atoms with van der Waals surface area (Å²) in [6.07, 6.45) is 0. The highest BCUT2D eigenvalue weighted by atomic mass is 16.5. The molecule has 0 bridgehead atoms. The van der Waals surface area contributed by atoms with Crippen molar-refractivity contribution in [3.05, 3.63) is 70.8 Å². The molecule has 0 saturated heterocycles. The Labute approximate surface area is 155 Å². The molecule has 0 aliphatic carbocycles. The SMILES string of the molecule is CCOC(=O)c1ccccc1C(=O)O.COC(=O)c1ccccc1C(=O)O. The van der Waals surface area contributed by atoms with Crippen molar-refractivity contribution in [2.75, 3.05) is 13.7 Å². The van der Waals surface area contributed by atoms with E-state index in [-0.39, 0.29) is 28.9 Å². The Bertz CT molecular complexity index is 841. The van der Waals surface area contributed by atoms with E-state index >= 15 is 0 Å². The van der Waals surface area contributed by atoms with Crippen molar-refractivity contribution in [2.24, 2.45) is 0 Å². The zero-order valence-electron chi connectivity index (χ0n) is 14.7. The van der Waals surface area contributed by atoms with Gasteiger partial charge in [0.15, 0.2) is 0 Å². The average Bonchev–Trinajstić information content (AvgIpc) is 2.68. The van der Waals surface area contributed by atoms with Crippen molar-refractivity contribution in [2.45, 2.75) is 6.92 Å². The van der Waals surface area contributed by atoms with Crippen LogP contribution in [0.1, 0.15) is 48.4 Å². The van der Waals surface area contributed by atoms with Gasteiger partial charge in [-0.2, -0.15) is 0 Å². The Morgan fingerprint density at radius 3 is 1.44 bits per heavy atom. The van der Waals surface area contributed by atoms with E-state index in [4.69, 9.17) is 14.9 Å². The normalized spacial score (nSPS) is 9.41. The monoisotopic (exact) mass is 374 g/mol. The molecule has 0 aliphatic rings. The number of carboxylic acids is 2. The fourth-order valence-corrected chi connectivity index (χ4v) is 2.01. The first-order chi connectivity index (χ1) is 12.8. The molecule has 142 valence electrons. The van der Waals surface area contributed by atoms with Gasteiger partial charge in [0.05, 0.1) is 36.0 Å². The highest BCUT2D eigenvalue weighted by molar-refractivity contribution is 6.03. The van der Waals surface area contributed by atoms with Gasteiger partial charge in [-0.1, -0.05) is 24.3 Å². The van der Waals surface area contributed by atoms with Gasteiger partial charge in [0, 0.05) is 0 Å². The summed E-state index contributed by atoms with van der Waals surface area (Å²) < 4.78 is 9.14. The van der Waals surface area contributed by atoms with Crippen molar-refractivity contribution >= 4 is 23.9 Å². The van der Waals surface area contributed by atoms with Gasteiger partial charge in [-0.15, -0.1) is 0 Å². The quantitative estimate of drug-likeness (QED) is 0.765. The Kier molecular flexibility index (Phi) is 8.18. The second-order valence-corrected chi connectivity index (χ2v) is 4.91. The van der Waals surface area contributed by atoms with Crippen LogP contribution in [0.15, 0.2) is 48.5 Å². The van der Waals surface area contributed by atoms with Crippen molar-refractivity contribution < 1.29 is 38.9 Å². The molecule has 2 rings (SSSR count). The summed E-state index contributed by atoms with van der Waals surface area (Å²) in [7, 11) is 1.21. The minimum atomic E-state index is -1.14. The lowest BCUT2D eigenvalue weighted by Gasteiger charge is -2.04. The van der Waals surface area contributed by atoms with Gasteiger partial charge in [-0.05, 0) is 31.2 Å². The molecule has 27 heavy (non-hydrogen) atoms. The molecule has 2 N–H and O–H groups in total. The van der Waals surface area contributed by atoms with E-state index in [9.17, 15) is 19.2 Å². The van der Waals surface area contributed by atoms with E-state index in [2.05, 4.69) is 4.74 Å². The molecule has 0 fully saturated rings. The number of methoxy groups -OCH3 is 1. The van der Waals surface area contributed by atoms with E-state index in [0.29, 0.717) is 0 Å². The molecular formula is C19H18O8. The van der Waals surface area contributed by atoms with Crippen LogP contribution in [0.3, 0.4) is 0 Å². The Morgan fingerprint density at radius 2 is 1.11 bits per heavy atom. The summed E-state index contributed by atoms with van der Waals surface area (Å²) in [4.78, 5) is 43.7. The average molecular weight is 374 g/mol. The number of aromatic carboxylic acids is 2. The van der Waals surface area contributed by atoms with Gasteiger partial charge in [0.1, 0.15) is 0 Å². The Hall–Kier alpha value is -3.68. The van der Waals surface area contributed by atoms with E-state index < -0.39 is 23.9 Å². The fraction of sp³-hybridized carbons (Fsp3) is 0.158. The summed E-state index contributed by atoms with van der Waals surface area (Å²) in [5.74, 6) is -3.52. The standard InChI is InChI=1S/C10H10O4.C9H8O4/c1-2-14-10(13)8-6-4-3-5-7(8)9(11)12;1-13-9(12)7-5-3-2-4-6(7)8(10)11/h3-6H,2H2,1H3,(H,11,12);2-5H,1H3,(H,10,11). The third-order valence-corrected chi connectivity index (χ3v) is 3.22. The van der Waals surface area contributed by atoms with Crippen LogP contribution < -0.4 is 0 Å². The predicted molar refractivity (Wildman–Crippen MR) is 94.1 cm³/mol. The molecule has 8 heteroatoms. The molecule has 0 aromatic heterocycles. The Balaban J connectivity index is 0.000000271. The molecule has 2 aromatic rings. The second-order valence-electron chi connectivity index (χ2n) is 4.91. The van der Waals surface area contributed by atoms with E-state index in [0.717, 1.165) is 0 Å². The summed E-state index contributed by atoms with van der Waals surface area (Å²) >= 11 is 0. The number of hydrogen-bond donors (Lipinski definition) is 2. The number of rotatable bonds is 5. The van der Waals surface area contributed by atoms with Crippen LogP contribution in [0.5, 0.6) is 0 Å². The molecular weight excluding hydrogens is 356 g/mol. The van der Waals surface area contributed by atoms with Gasteiger partial charge >= 0.3 is 23.9 Å². The fourth-order valence-electron chi connectivity index (χ4n) is 2.01. The molecule has 0 spiro atoms. The first kappa shape index (κ1) is 21.4. The van der Waals surface area contributed by atoms with Crippen LogP contribution in [-0.4, -0.2) is 47.8 Å². The molecule has 8 nitrogen and oxygen atoms in total. The van der Waals surface area contributed by atoms with Crippen LogP contribution in [0, 0.1) is 0 Å². The van der Waals surface area contributed by atoms with E-state index in [1.54, 1.807) is 31.2 Å². The number of carbonyl (C=O) groups excluding carboxylic acids is 2. The summed E-state index contributed by atoms with van der Waals surface area (Å²) in [5, 5.41) is 17.5. The third kappa shape index (κ3) is 5.96. The summed E-state index contributed by atoms with van der Waals surface area (Å²) in [6, 6.07) is 11.9. The van der Waals surface area contributed by atoms with Crippen molar-refractivity contribution in [3.63, 3.8) is 0 Å². The molecule has 2 aromatic carbocycles. The maximum Gasteiger partial charge on any atom is 0.338 e. The molecule has 0 saturated carbocycles. The molecule has 0 radical (unpaired) electrons. The van der Waals surface area contributed by atoms with Gasteiger partial charge < -0.3 is 19.7 Å². The second kappa shape index (κ2) is 10.3. The Morgan fingerprint density at radius 1 is 0.741 bits per heavy atom. The van der Waals surface area contributed by atoms with Crippen LogP contribution in [0.4, 0.5) is 0 Å². The lowest BCUT2D eigenvalue weighted by Crippen LogP contribution is -2.11. The van der Waals surface area contributed by atoms with Crippen molar-refractivity contribution in [1.82, 2.24) is 0 Å². The zero-order chi connectivity index (χ0) is 20.4. The maximum absolute atomic E-state index is 11.3. The molecule has 0 atom stereocenters. The maximum atomic E-state index is 11.3.